The number of furan rings is 1. The summed E-state index contributed by atoms with van der Waals surface area (Å²) in [6.45, 7) is 4.24. The Morgan fingerprint density at radius 3 is 2.84 bits per heavy atom. The van der Waals surface area contributed by atoms with Crippen molar-refractivity contribution in [1.82, 2.24) is 4.98 Å². The molecule has 1 fully saturated rings. The standard InChI is InChI=1S/C25H23N3O3/c1-17-5-4-12-28(15-17)25-22(14-26)27-24(31-25)23-11-10-21(30-23)16-29-20-9-8-18-6-2-3-7-19(18)13-20/h2-3,6-11,13,17H,4-5,12,15-16H2,1H3/t17-/m1/s1. The van der Waals surface area contributed by atoms with Gasteiger partial charge in [-0.3, -0.25) is 0 Å². The number of piperidine rings is 1. The minimum atomic E-state index is 0.292. The molecular formula is C25H23N3O3. The molecule has 3 heterocycles. The summed E-state index contributed by atoms with van der Waals surface area (Å²) in [5, 5.41) is 11.8. The van der Waals surface area contributed by atoms with Gasteiger partial charge >= 0.3 is 0 Å². The largest absolute Gasteiger partial charge is 0.486 e. The molecular weight excluding hydrogens is 390 g/mol. The van der Waals surface area contributed by atoms with E-state index in [0.29, 0.717) is 41.5 Å². The second kappa shape index (κ2) is 8.19. The molecule has 0 N–H and O–H groups in total. The Morgan fingerprint density at radius 2 is 2.00 bits per heavy atom. The van der Waals surface area contributed by atoms with Gasteiger partial charge in [-0.1, -0.05) is 37.3 Å². The van der Waals surface area contributed by atoms with E-state index in [1.54, 1.807) is 6.07 Å². The van der Waals surface area contributed by atoms with E-state index in [9.17, 15) is 5.26 Å². The minimum Gasteiger partial charge on any atom is -0.486 e. The first kappa shape index (κ1) is 19.3. The van der Waals surface area contributed by atoms with E-state index in [4.69, 9.17) is 13.6 Å². The van der Waals surface area contributed by atoms with Crippen LogP contribution >= 0.6 is 0 Å². The summed E-state index contributed by atoms with van der Waals surface area (Å²) < 4.78 is 17.8. The topological polar surface area (TPSA) is 75.4 Å². The number of ether oxygens (including phenoxy) is 1. The molecule has 0 bridgehead atoms. The molecule has 2 aromatic carbocycles. The maximum atomic E-state index is 9.52. The molecule has 31 heavy (non-hydrogen) atoms. The summed E-state index contributed by atoms with van der Waals surface area (Å²) >= 11 is 0. The van der Waals surface area contributed by atoms with Gasteiger partial charge in [0.2, 0.25) is 11.6 Å². The number of hydrogen-bond donors (Lipinski definition) is 0. The average Bonchev–Trinajstić information content (AvgIpc) is 3.44. The first-order valence-corrected chi connectivity index (χ1v) is 10.6. The van der Waals surface area contributed by atoms with Crippen molar-refractivity contribution in [1.29, 1.82) is 5.26 Å². The van der Waals surface area contributed by atoms with Crippen LogP contribution in [0.2, 0.25) is 0 Å². The lowest BCUT2D eigenvalue weighted by Crippen LogP contribution is -2.34. The first-order valence-electron chi connectivity index (χ1n) is 10.6. The molecule has 0 saturated carbocycles. The SMILES string of the molecule is C[C@@H]1CCCN(c2oc(-c3ccc(COc4ccc5ccccc5c4)o3)nc2C#N)C1. The average molecular weight is 413 g/mol. The van der Waals surface area contributed by atoms with Crippen molar-refractivity contribution in [3.8, 4) is 23.5 Å². The fraction of sp³-hybridized carbons (Fsp3) is 0.280. The maximum Gasteiger partial charge on any atom is 0.266 e. The summed E-state index contributed by atoms with van der Waals surface area (Å²) in [7, 11) is 0. The smallest absolute Gasteiger partial charge is 0.266 e. The lowest BCUT2D eigenvalue weighted by atomic mass is 10.0. The molecule has 0 amide bonds. The van der Waals surface area contributed by atoms with Crippen molar-refractivity contribution in [2.24, 2.45) is 5.92 Å². The highest BCUT2D eigenvalue weighted by atomic mass is 16.5. The molecule has 4 aromatic rings. The minimum absolute atomic E-state index is 0.292. The Bertz CT molecular complexity index is 1250. The zero-order valence-corrected chi connectivity index (χ0v) is 17.4. The van der Waals surface area contributed by atoms with Crippen LogP contribution in [0.15, 0.2) is 63.4 Å². The third-order valence-corrected chi connectivity index (χ3v) is 5.63. The van der Waals surface area contributed by atoms with Crippen molar-refractivity contribution in [3.05, 3.63) is 66.1 Å². The fourth-order valence-electron chi connectivity index (χ4n) is 4.06. The number of hydrogen-bond acceptors (Lipinski definition) is 6. The summed E-state index contributed by atoms with van der Waals surface area (Å²) in [5.41, 5.74) is 0.300. The number of anilines is 1. The zero-order chi connectivity index (χ0) is 21.2. The van der Waals surface area contributed by atoms with Crippen LogP contribution in [-0.2, 0) is 6.61 Å². The summed E-state index contributed by atoms with van der Waals surface area (Å²) in [6, 6.07) is 20.0. The first-order chi connectivity index (χ1) is 15.2. The Hall–Kier alpha value is -3.72. The third kappa shape index (κ3) is 3.99. The predicted octanol–water partition coefficient (Wildman–Crippen LogP) is 5.77. The van der Waals surface area contributed by atoms with Crippen LogP contribution in [-0.4, -0.2) is 18.1 Å². The monoisotopic (exact) mass is 413 g/mol. The van der Waals surface area contributed by atoms with Gasteiger partial charge in [0.25, 0.3) is 5.89 Å². The van der Waals surface area contributed by atoms with Crippen molar-refractivity contribution in [3.63, 3.8) is 0 Å². The maximum absolute atomic E-state index is 9.52. The van der Waals surface area contributed by atoms with E-state index in [-0.39, 0.29) is 0 Å². The van der Waals surface area contributed by atoms with Crippen LogP contribution in [0.3, 0.4) is 0 Å². The molecule has 1 saturated heterocycles. The van der Waals surface area contributed by atoms with E-state index in [1.165, 1.54) is 11.8 Å². The van der Waals surface area contributed by atoms with Gasteiger partial charge in [0.15, 0.2) is 5.76 Å². The molecule has 0 aliphatic carbocycles. The fourth-order valence-corrected chi connectivity index (χ4v) is 4.06. The van der Waals surface area contributed by atoms with Crippen molar-refractivity contribution in [2.75, 3.05) is 18.0 Å². The van der Waals surface area contributed by atoms with E-state index >= 15 is 0 Å². The van der Waals surface area contributed by atoms with E-state index in [0.717, 1.165) is 30.6 Å². The van der Waals surface area contributed by atoms with Gasteiger partial charge in [0.05, 0.1) is 0 Å². The molecule has 6 nitrogen and oxygen atoms in total. The van der Waals surface area contributed by atoms with Gasteiger partial charge in [-0.2, -0.15) is 10.2 Å². The van der Waals surface area contributed by atoms with Crippen LogP contribution < -0.4 is 9.64 Å². The highest BCUT2D eigenvalue weighted by Gasteiger charge is 2.25. The second-order valence-electron chi connectivity index (χ2n) is 8.04. The van der Waals surface area contributed by atoms with Gasteiger partial charge in [0.1, 0.15) is 24.2 Å². The number of fused-ring (bicyclic) bond motifs is 1. The number of oxazole rings is 1. The van der Waals surface area contributed by atoms with Crippen LogP contribution in [0.4, 0.5) is 5.88 Å². The Labute approximate surface area is 180 Å². The highest BCUT2D eigenvalue weighted by Crippen LogP contribution is 2.32. The molecule has 0 radical (unpaired) electrons. The van der Waals surface area contributed by atoms with E-state index < -0.39 is 0 Å². The molecule has 2 aromatic heterocycles. The van der Waals surface area contributed by atoms with Gasteiger partial charge < -0.3 is 18.5 Å². The molecule has 1 aliphatic heterocycles. The molecule has 6 heteroatoms. The van der Waals surface area contributed by atoms with Gasteiger partial charge in [0, 0.05) is 13.1 Å². The van der Waals surface area contributed by atoms with Gasteiger partial charge in [-0.25, -0.2) is 0 Å². The quantitative estimate of drug-likeness (QED) is 0.413. The van der Waals surface area contributed by atoms with E-state index in [2.05, 4.69) is 35.0 Å². The molecule has 0 unspecified atom stereocenters. The van der Waals surface area contributed by atoms with Crippen molar-refractivity contribution >= 4 is 16.7 Å². The van der Waals surface area contributed by atoms with Crippen molar-refractivity contribution in [2.45, 2.75) is 26.4 Å². The highest BCUT2D eigenvalue weighted by molar-refractivity contribution is 5.83. The molecule has 156 valence electrons. The van der Waals surface area contributed by atoms with E-state index in [1.807, 2.05) is 36.4 Å². The molecule has 5 rings (SSSR count). The van der Waals surface area contributed by atoms with Crippen molar-refractivity contribution < 1.29 is 13.6 Å². The van der Waals surface area contributed by atoms with Gasteiger partial charge in [-0.05, 0) is 53.8 Å². The zero-order valence-electron chi connectivity index (χ0n) is 17.4. The molecule has 1 atom stereocenters. The summed E-state index contributed by atoms with van der Waals surface area (Å²) in [4.78, 5) is 6.47. The lowest BCUT2D eigenvalue weighted by Gasteiger charge is -2.30. The summed E-state index contributed by atoms with van der Waals surface area (Å²) in [6.07, 6.45) is 2.28. The van der Waals surface area contributed by atoms with Crippen LogP contribution in [0.25, 0.3) is 22.4 Å². The number of aromatic nitrogens is 1. The van der Waals surface area contributed by atoms with Crippen LogP contribution in [0.1, 0.15) is 31.2 Å². The Morgan fingerprint density at radius 1 is 1.13 bits per heavy atom. The Kier molecular flexibility index (Phi) is 5.09. The normalized spacial score (nSPS) is 16.4. The van der Waals surface area contributed by atoms with Crippen LogP contribution in [0.5, 0.6) is 5.75 Å². The van der Waals surface area contributed by atoms with Crippen LogP contribution in [0, 0.1) is 17.2 Å². The number of nitriles is 1. The number of benzene rings is 2. The predicted molar refractivity (Wildman–Crippen MR) is 118 cm³/mol. The lowest BCUT2D eigenvalue weighted by molar-refractivity contribution is 0.271. The third-order valence-electron chi connectivity index (χ3n) is 5.63. The number of rotatable bonds is 5. The second-order valence-corrected chi connectivity index (χ2v) is 8.04. The Balaban J connectivity index is 1.31. The molecule has 0 spiro atoms. The van der Waals surface area contributed by atoms with Gasteiger partial charge in [-0.15, -0.1) is 0 Å². The molecule has 1 aliphatic rings. The summed E-state index contributed by atoms with van der Waals surface area (Å²) in [5.74, 6) is 3.35. The number of nitrogens with zero attached hydrogens (tertiary/aromatic N) is 3.